The van der Waals surface area contributed by atoms with Crippen molar-refractivity contribution in [2.24, 2.45) is 0 Å². The zero-order chi connectivity index (χ0) is 23.9. The van der Waals surface area contributed by atoms with Crippen molar-refractivity contribution in [1.82, 2.24) is 0 Å². The van der Waals surface area contributed by atoms with Crippen LogP contribution in [0.15, 0.2) is 59.5 Å². The molecule has 3 aromatic rings. The third-order valence-electron chi connectivity index (χ3n) is 5.17. The number of nitrogen functional groups attached to an aromatic ring is 1. The Morgan fingerprint density at radius 3 is 2.00 bits per heavy atom. The van der Waals surface area contributed by atoms with Gasteiger partial charge in [-0.2, -0.15) is 8.42 Å². The minimum absolute atomic E-state index is 0.0304. The number of anilines is 4. The van der Waals surface area contributed by atoms with E-state index < -0.39 is 26.6 Å². The fourth-order valence-electron chi connectivity index (χ4n) is 3.68. The molecular formula is C23H19N3O6S. The molecule has 0 bridgehead atoms. The summed E-state index contributed by atoms with van der Waals surface area (Å²) in [6, 6.07) is 13.9. The number of fused-ring (bicyclic) bond motifs is 2. The lowest BCUT2D eigenvalue weighted by Crippen LogP contribution is -2.25. The average molecular weight is 465 g/mol. The number of benzene rings is 3. The van der Waals surface area contributed by atoms with Gasteiger partial charge >= 0.3 is 0 Å². The summed E-state index contributed by atoms with van der Waals surface area (Å²) in [5.74, 6) is -1.26. The first-order valence-corrected chi connectivity index (χ1v) is 11.1. The van der Waals surface area contributed by atoms with Gasteiger partial charge in [0.25, 0.3) is 10.1 Å². The Hall–Kier alpha value is -4.02. The standard InChI is InChI=1S/C23H19N3O6S/c1-12(27)25-13-7-9-14(10-8-13)26-17-11-18(33(30,31)32-2)21(24)20-19(17)22(28)15-5-3-4-6-16(15)23(20)29/h3-11,26H,24H2,1-2H3,(H,25,27). The van der Waals surface area contributed by atoms with Crippen molar-refractivity contribution in [3.8, 4) is 0 Å². The van der Waals surface area contributed by atoms with Crippen LogP contribution < -0.4 is 16.4 Å². The highest BCUT2D eigenvalue weighted by atomic mass is 32.2. The largest absolute Gasteiger partial charge is 0.397 e. The molecule has 0 fully saturated rings. The molecule has 1 amide bonds. The van der Waals surface area contributed by atoms with Crippen LogP contribution in [0.1, 0.15) is 38.8 Å². The molecular weight excluding hydrogens is 446 g/mol. The molecule has 0 heterocycles. The van der Waals surface area contributed by atoms with Gasteiger partial charge in [0.1, 0.15) is 4.90 Å². The zero-order valence-electron chi connectivity index (χ0n) is 17.6. The van der Waals surface area contributed by atoms with Crippen LogP contribution in [0, 0.1) is 0 Å². The third-order valence-corrected chi connectivity index (χ3v) is 6.49. The number of hydrogen-bond donors (Lipinski definition) is 3. The number of nitrogens with two attached hydrogens (primary N) is 1. The molecule has 0 atom stereocenters. The van der Waals surface area contributed by atoms with Gasteiger partial charge in [0.2, 0.25) is 5.91 Å². The van der Waals surface area contributed by atoms with Gasteiger partial charge in [0, 0.05) is 29.4 Å². The average Bonchev–Trinajstić information content (AvgIpc) is 2.79. The summed E-state index contributed by atoms with van der Waals surface area (Å²) in [4.78, 5) is 37.4. The van der Waals surface area contributed by atoms with E-state index in [1.54, 1.807) is 36.4 Å². The van der Waals surface area contributed by atoms with Crippen LogP contribution in [0.3, 0.4) is 0 Å². The molecule has 168 valence electrons. The molecule has 0 saturated carbocycles. The smallest absolute Gasteiger partial charge is 0.298 e. The fraction of sp³-hybridized carbons (Fsp3) is 0.0870. The lowest BCUT2D eigenvalue weighted by Gasteiger charge is -2.24. The molecule has 3 aromatic carbocycles. The van der Waals surface area contributed by atoms with E-state index >= 15 is 0 Å². The molecule has 1 aliphatic carbocycles. The van der Waals surface area contributed by atoms with Crippen molar-refractivity contribution in [2.45, 2.75) is 11.8 Å². The summed E-state index contributed by atoms with van der Waals surface area (Å²) in [5, 5.41) is 5.63. The Labute approximate surface area is 189 Å². The summed E-state index contributed by atoms with van der Waals surface area (Å²) in [6.07, 6.45) is 0. The molecule has 0 saturated heterocycles. The summed E-state index contributed by atoms with van der Waals surface area (Å²) in [7, 11) is -3.32. The van der Waals surface area contributed by atoms with Crippen molar-refractivity contribution in [1.29, 1.82) is 0 Å². The van der Waals surface area contributed by atoms with Gasteiger partial charge in [-0.1, -0.05) is 24.3 Å². The Kier molecular flexibility index (Phi) is 5.48. The van der Waals surface area contributed by atoms with Crippen LogP contribution in [0.5, 0.6) is 0 Å². The molecule has 0 radical (unpaired) electrons. The normalized spacial score (nSPS) is 12.7. The quantitative estimate of drug-likeness (QED) is 0.301. The molecule has 10 heteroatoms. The van der Waals surface area contributed by atoms with Crippen LogP contribution in [-0.4, -0.2) is 33.0 Å². The fourth-order valence-corrected chi connectivity index (χ4v) is 4.50. The second kappa shape index (κ2) is 8.15. The molecule has 0 aliphatic heterocycles. The maximum absolute atomic E-state index is 13.3. The number of carbonyl (C=O) groups is 3. The van der Waals surface area contributed by atoms with Crippen LogP contribution in [-0.2, 0) is 19.1 Å². The predicted molar refractivity (Wildman–Crippen MR) is 122 cm³/mol. The first kappa shape index (κ1) is 22.2. The Balaban J connectivity index is 1.91. The number of carbonyl (C=O) groups excluding carboxylic acids is 3. The number of nitrogens with one attached hydrogen (secondary N) is 2. The molecule has 0 aromatic heterocycles. The molecule has 0 unspecified atom stereocenters. The van der Waals surface area contributed by atoms with Crippen molar-refractivity contribution >= 4 is 50.3 Å². The van der Waals surface area contributed by atoms with Gasteiger partial charge in [-0.25, -0.2) is 0 Å². The van der Waals surface area contributed by atoms with Gasteiger partial charge < -0.3 is 16.4 Å². The number of rotatable bonds is 5. The second-order valence-corrected chi connectivity index (χ2v) is 8.98. The van der Waals surface area contributed by atoms with Crippen molar-refractivity contribution < 1.29 is 27.0 Å². The van der Waals surface area contributed by atoms with E-state index in [4.69, 9.17) is 5.73 Å². The van der Waals surface area contributed by atoms with Gasteiger partial charge in [-0.15, -0.1) is 0 Å². The summed E-state index contributed by atoms with van der Waals surface area (Å²) in [6.45, 7) is 1.38. The van der Waals surface area contributed by atoms with E-state index in [0.29, 0.717) is 11.4 Å². The zero-order valence-corrected chi connectivity index (χ0v) is 18.4. The topological polar surface area (TPSA) is 145 Å². The molecule has 0 spiro atoms. The maximum atomic E-state index is 13.3. The van der Waals surface area contributed by atoms with Gasteiger partial charge in [-0.3, -0.25) is 18.6 Å². The third kappa shape index (κ3) is 3.86. The first-order valence-electron chi connectivity index (χ1n) is 9.74. The minimum Gasteiger partial charge on any atom is -0.397 e. The number of hydrogen-bond acceptors (Lipinski definition) is 8. The maximum Gasteiger partial charge on any atom is 0.298 e. The van der Waals surface area contributed by atoms with Crippen molar-refractivity contribution in [2.75, 3.05) is 23.5 Å². The lowest BCUT2D eigenvalue weighted by molar-refractivity contribution is -0.114. The van der Waals surface area contributed by atoms with Gasteiger partial charge in [-0.05, 0) is 30.3 Å². The summed E-state index contributed by atoms with van der Waals surface area (Å²) >= 11 is 0. The van der Waals surface area contributed by atoms with Gasteiger partial charge in [0.15, 0.2) is 11.6 Å². The molecule has 33 heavy (non-hydrogen) atoms. The monoisotopic (exact) mass is 465 g/mol. The SMILES string of the molecule is COS(=O)(=O)c1cc(Nc2ccc(NC(C)=O)cc2)c2c(c1N)C(=O)c1ccccc1C2=O. The van der Waals surface area contributed by atoms with E-state index in [1.165, 1.54) is 25.1 Å². The Morgan fingerprint density at radius 2 is 1.45 bits per heavy atom. The first-order chi connectivity index (χ1) is 15.6. The summed E-state index contributed by atoms with van der Waals surface area (Å²) in [5.41, 5.74) is 6.96. The lowest BCUT2D eigenvalue weighted by atomic mass is 9.82. The predicted octanol–water partition coefficient (Wildman–Crippen LogP) is 3.08. The van der Waals surface area contributed by atoms with Crippen LogP contribution in [0.2, 0.25) is 0 Å². The second-order valence-electron chi connectivity index (χ2n) is 7.29. The highest BCUT2D eigenvalue weighted by Crippen LogP contribution is 2.40. The molecule has 4 rings (SSSR count). The van der Waals surface area contributed by atoms with Crippen molar-refractivity contribution in [3.63, 3.8) is 0 Å². The minimum atomic E-state index is -4.29. The van der Waals surface area contributed by atoms with Crippen molar-refractivity contribution in [3.05, 3.63) is 76.9 Å². The highest BCUT2D eigenvalue weighted by molar-refractivity contribution is 7.87. The number of amides is 1. The number of ketones is 2. The summed E-state index contributed by atoms with van der Waals surface area (Å²) < 4.78 is 29.7. The van der Waals surface area contributed by atoms with Gasteiger partial charge in [0.05, 0.1) is 29.6 Å². The highest BCUT2D eigenvalue weighted by Gasteiger charge is 2.36. The Bertz CT molecular complexity index is 1430. The van der Waals surface area contributed by atoms with Crippen LogP contribution >= 0.6 is 0 Å². The molecule has 1 aliphatic rings. The van der Waals surface area contributed by atoms with Crippen LogP contribution in [0.25, 0.3) is 0 Å². The van der Waals surface area contributed by atoms with E-state index in [-0.39, 0.29) is 39.5 Å². The van der Waals surface area contributed by atoms with E-state index in [2.05, 4.69) is 14.8 Å². The van der Waals surface area contributed by atoms with Crippen LogP contribution in [0.4, 0.5) is 22.7 Å². The molecule has 4 N–H and O–H groups in total. The Morgan fingerprint density at radius 1 is 0.909 bits per heavy atom. The van der Waals surface area contributed by atoms with E-state index in [1.807, 2.05) is 0 Å². The van der Waals surface area contributed by atoms with E-state index in [0.717, 1.165) is 7.11 Å². The molecule has 9 nitrogen and oxygen atoms in total. The van der Waals surface area contributed by atoms with E-state index in [9.17, 15) is 22.8 Å².